The molecule has 0 radical (unpaired) electrons. The Morgan fingerprint density at radius 2 is 1.58 bits per heavy atom. The van der Waals surface area contributed by atoms with Gasteiger partial charge in [0.05, 0.1) is 26.9 Å². The number of carbonyl (C=O) groups excluding carboxylic acids is 1. The van der Waals surface area contributed by atoms with Gasteiger partial charge in [-0.3, -0.25) is 4.79 Å². The van der Waals surface area contributed by atoms with Gasteiger partial charge in [-0.25, -0.2) is 0 Å². The van der Waals surface area contributed by atoms with Gasteiger partial charge < -0.3 is 18.9 Å². The predicted molar refractivity (Wildman–Crippen MR) is 102 cm³/mol. The number of rotatable bonds is 9. The van der Waals surface area contributed by atoms with Crippen LogP contribution in [0.1, 0.15) is 15.9 Å². The van der Waals surface area contributed by atoms with Crippen molar-refractivity contribution in [2.24, 2.45) is 0 Å². The molecule has 5 nitrogen and oxygen atoms in total. The van der Waals surface area contributed by atoms with E-state index in [-0.39, 0.29) is 5.78 Å². The van der Waals surface area contributed by atoms with E-state index in [2.05, 4.69) is 6.58 Å². The fraction of sp³-hybridized carbons (Fsp3) is 0.190. The predicted octanol–water partition coefficient (Wildman–Crippen LogP) is 4.17. The highest BCUT2D eigenvalue weighted by Crippen LogP contribution is 2.35. The van der Waals surface area contributed by atoms with Crippen molar-refractivity contribution in [3.63, 3.8) is 0 Å². The first kappa shape index (κ1) is 19.1. The number of benzene rings is 2. The summed E-state index contributed by atoms with van der Waals surface area (Å²) < 4.78 is 21.4. The van der Waals surface area contributed by atoms with Crippen molar-refractivity contribution in [3.05, 3.63) is 66.3 Å². The van der Waals surface area contributed by atoms with Crippen LogP contribution in [-0.4, -0.2) is 33.7 Å². The van der Waals surface area contributed by atoms with Crippen LogP contribution in [0.25, 0.3) is 6.08 Å². The van der Waals surface area contributed by atoms with Gasteiger partial charge in [-0.15, -0.1) is 0 Å². The molecule has 2 aromatic carbocycles. The Morgan fingerprint density at radius 3 is 2.08 bits per heavy atom. The highest BCUT2D eigenvalue weighted by Gasteiger charge is 2.11. The second kappa shape index (κ2) is 9.32. The summed E-state index contributed by atoms with van der Waals surface area (Å²) in [5.41, 5.74) is 1.22. The lowest BCUT2D eigenvalue weighted by Gasteiger charge is -2.12. The molecular formula is C21H22O5. The summed E-state index contributed by atoms with van der Waals surface area (Å²) >= 11 is 0. The zero-order valence-electron chi connectivity index (χ0n) is 15.2. The maximum absolute atomic E-state index is 12.4. The van der Waals surface area contributed by atoms with Crippen LogP contribution in [0.3, 0.4) is 0 Å². The quantitative estimate of drug-likeness (QED) is 0.384. The molecule has 26 heavy (non-hydrogen) atoms. The molecule has 0 saturated heterocycles. The standard InChI is InChI=1S/C21H22O5/c1-5-12-26-16-8-6-15(7-9-16)19(22)11-10-18-20(24-3)13-17(23-2)14-21(18)25-4/h5-11,13-14H,1,12H2,2-4H3. The third-order valence-electron chi connectivity index (χ3n) is 3.66. The van der Waals surface area contributed by atoms with Gasteiger partial charge in [-0.05, 0) is 36.4 Å². The zero-order valence-corrected chi connectivity index (χ0v) is 15.2. The van der Waals surface area contributed by atoms with Gasteiger partial charge in [0.25, 0.3) is 0 Å². The van der Waals surface area contributed by atoms with E-state index < -0.39 is 0 Å². The second-order valence-corrected chi connectivity index (χ2v) is 5.27. The number of methoxy groups -OCH3 is 3. The van der Waals surface area contributed by atoms with E-state index in [1.54, 1.807) is 69.9 Å². The molecule has 0 unspecified atom stereocenters. The van der Waals surface area contributed by atoms with Crippen molar-refractivity contribution >= 4 is 11.9 Å². The van der Waals surface area contributed by atoms with E-state index in [9.17, 15) is 4.79 Å². The highest BCUT2D eigenvalue weighted by atomic mass is 16.5. The van der Waals surface area contributed by atoms with Crippen molar-refractivity contribution in [2.75, 3.05) is 27.9 Å². The monoisotopic (exact) mass is 354 g/mol. The van der Waals surface area contributed by atoms with Crippen LogP contribution in [0, 0.1) is 0 Å². The maximum atomic E-state index is 12.4. The molecule has 0 bridgehead atoms. The van der Waals surface area contributed by atoms with Crippen molar-refractivity contribution in [1.82, 2.24) is 0 Å². The summed E-state index contributed by atoms with van der Waals surface area (Å²) in [5.74, 6) is 2.26. The third kappa shape index (κ3) is 4.66. The molecule has 0 atom stereocenters. The molecular weight excluding hydrogens is 332 g/mol. The van der Waals surface area contributed by atoms with Gasteiger partial charge >= 0.3 is 0 Å². The SMILES string of the molecule is C=CCOc1ccc(C(=O)C=Cc2c(OC)cc(OC)cc2OC)cc1. The van der Waals surface area contributed by atoms with Crippen LogP contribution in [0.4, 0.5) is 0 Å². The molecule has 136 valence electrons. The Hall–Kier alpha value is -3.21. The average molecular weight is 354 g/mol. The first-order valence-electron chi connectivity index (χ1n) is 7.99. The molecule has 0 fully saturated rings. The van der Waals surface area contributed by atoms with Crippen molar-refractivity contribution in [3.8, 4) is 23.0 Å². The van der Waals surface area contributed by atoms with E-state index in [1.165, 1.54) is 6.08 Å². The molecule has 0 heterocycles. The van der Waals surface area contributed by atoms with Crippen LogP contribution < -0.4 is 18.9 Å². The Morgan fingerprint density at radius 1 is 0.962 bits per heavy atom. The van der Waals surface area contributed by atoms with Gasteiger partial charge in [0.15, 0.2) is 5.78 Å². The average Bonchev–Trinajstić information content (AvgIpc) is 2.70. The normalized spacial score (nSPS) is 10.4. The van der Waals surface area contributed by atoms with Crippen molar-refractivity contribution in [2.45, 2.75) is 0 Å². The lowest BCUT2D eigenvalue weighted by atomic mass is 10.1. The molecule has 0 amide bonds. The van der Waals surface area contributed by atoms with E-state index in [0.717, 1.165) is 0 Å². The Bertz CT molecular complexity index is 766. The summed E-state index contributed by atoms with van der Waals surface area (Å²) in [6.07, 6.45) is 4.81. The zero-order chi connectivity index (χ0) is 18.9. The number of ether oxygens (including phenoxy) is 4. The minimum atomic E-state index is -0.139. The topological polar surface area (TPSA) is 54.0 Å². The molecule has 0 saturated carbocycles. The number of ketones is 1. The van der Waals surface area contributed by atoms with Crippen molar-refractivity contribution < 1.29 is 23.7 Å². The number of hydrogen-bond acceptors (Lipinski definition) is 5. The fourth-order valence-corrected chi connectivity index (χ4v) is 2.32. The highest BCUT2D eigenvalue weighted by molar-refractivity contribution is 6.07. The van der Waals surface area contributed by atoms with Gasteiger partial charge in [-0.1, -0.05) is 12.7 Å². The van der Waals surface area contributed by atoms with Gasteiger partial charge in [0, 0.05) is 17.7 Å². The number of allylic oxidation sites excluding steroid dienone is 1. The lowest BCUT2D eigenvalue weighted by molar-refractivity contribution is 0.104. The van der Waals surface area contributed by atoms with Crippen LogP contribution in [0.5, 0.6) is 23.0 Å². The molecule has 5 heteroatoms. The summed E-state index contributed by atoms with van der Waals surface area (Å²) in [6.45, 7) is 4.02. The second-order valence-electron chi connectivity index (χ2n) is 5.27. The molecule has 0 N–H and O–H groups in total. The Balaban J connectivity index is 2.23. The van der Waals surface area contributed by atoms with Gasteiger partial charge in [-0.2, -0.15) is 0 Å². The fourth-order valence-electron chi connectivity index (χ4n) is 2.32. The van der Waals surface area contributed by atoms with Crippen LogP contribution in [0.15, 0.2) is 55.1 Å². The Labute approximate surface area is 153 Å². The van der Waals surface area contributed by atoms with Gasteiger partial charge in [0.2, 0.25) is 0 Å². The summed E-state index contributed by atoms with van der Waals surface area (Å²) in [6, 6.07) is 10.4. The molecule has 0 aliphatic heterocycles. The van der Waals surface area contributed by atoms with Gasteiger partial charge in [0.1, 0.15) is 29.6 Å². The van der Waals surface area contributed by atoms with Crippen LogP contribution in [0.2, 0.25) is 0 Å². The largest absolute Gasteiger partial charge is 0.496 e. The lowest BCUT2D eigenvalue weighted by Crippen LogP contribution is -1.97. The molecule has 0 aromatic heterocycles. The summed E-state index contributed by atoms with van der Waals surface area (Å²) in [5, 5.41) is 0. The van der Waals surface area contributed by atoms with E-state index in [1.807, 2.05) is 0 Å². The first-order chi connectivity index (χ1) is 12.6. The number of carbonyl (C=O) groups is 1. The molecule has 0 aliphatic carbocycles. The smallest absolute Gasteiger partial charge is 0.185 e. The number of hydrogen-bond donors (Lipinski definition) is 0. The Kier molecular flexibility index (Phi) is 6.85. The first-order valence-corrected chi connectivity index (χ1v) is 7.99. The minimum Gasteiger partial charge on any atom is -0.496 e. The minimum absolute atomic E-state index is 0.139. The molecule has 0 aliphatic rings. The van der Waals surface area contributed by atoms with Crippen LogP contribution in [-0.2, 0) is 0 Å². The summed E-state index contributed by atoms with van der Waals surface area (Å²) in [4.78, 5) is 12.4. The maximum Gasteiger partial charge on any atom is 0.185 e. The molecule has 2 rings (SSSR count). The third-order valence-corrected chi connectivity index (χ3v) is 3.66. The van der Waals surface area contributed by atoms with E-state index >= 15 is 0 Å². The van der Waals surface area contributed by atoms with Crippen LogP contribution >= 0.6 is 0 Å². The van der Waals surface area contributed by atoms with E-state index in [0.29, 0.717) is 40.7 Å². The molecule has 0 spiro atoms. The summed E-state index contributed by atoms with van der Waals surface area (Å²) in [7, 11) is 4.67. The van der Waals surface area contributed by atoms with E-state index in [4.69, 9.17) is 18.9 Å². The molecule has 2 aromatic rings. The van der Waals surface area contributed by atoms with Crippen molar-refractivity contribution in [1.29, 1.82) is 0 Å².